The number of aryl methyl sites for hydroxylation is 1. The monoisotopic (exact) mass is 614 g/mol. The number of carbonyl (C=O) groups excluding carboxylic acids is 2. The van der Waals surface area contributed by atoms with Gasteiger partial charge >= 0.3 is 7.12 Å². The second-order valence-electron chi connectivity index (χ2n) is 10.2. The van der Waals surface area contributed by atoms with Crippen LogP contribution in [0.5, 0.6) is 5.75 Å². The van der Waals surface area contributed by atoms with Crippen LogP contribution in [-0.2, 0) is 4.79 Å². The number of fused-ring (bicyclic) bond motifs is 3. The van der Waals surface area contributed by atoms with Crippen LogP contribution in [-0.4, -0.2) is 69.2 Å². The van der Waals surface area contributed by atoms with Gasteiger partial charge in [0, 0.05) is 34.8 Å². The highest BCUT2D eigenvalue weighted by Crippen LogP contribution is 2.34. The summed E-state index contributed by atoms with van der Waals surface area (Å²) in [4.78, 5) is 30.2. The molecule has 0 fully saturated rings. The summed E-state index contributed by atoms with van der Waals surface area (Å²) in [5, 5.41) is 33.5. The number of carbonyl (C=O) groups is 2. The third-order valence-electron chi connectivity index (χ3n) is 7.11. The van der Waals surface area contributed by atoms with Crippen molar-refractivity contribution in [3.05, 3.63) is 100 Å². The zero-order chi connectivity index (χ0) is 31.2. The summed E-state index contributed by atoms with van der Waals surface area (Å²) in [7, 11) is -1.58. The number of benzene rings is 3. The Bertz CT molecular complexity index is 1670. The van der Waals surface area contributed by atoms with Gasteiger partial charge in [-0.1, -0.05) is 35.9 Å². The lowest BCUT2D eigenvalue weighted by Crippen LogP contribution is -2.30. The highest BCUT2D eigenvalue weighted by atomic mass is 35.5. The van der Waals surface area contributed by atoms with Crippen LogP contribution in [0.2, 0.25) is 5.02 Å². The summed E-state index contributed by atoms with van der Waals surface area (Å²) in [5.41, 5.74) is 3.84. The molecule has 44 heavy (non-hydrogen) atoms. The van der Waals surface area contributed by atoms with Gasteiger partial charge in [-0.15, -0.1) is 10.2 Å². The van der Waals surface area contributed by atoms with Crippen LogP contribution in [0.25, 0.3) is 5.69 Å². The van der Waals surface area contributed by atoms with Gasteiger partial charge in [0.25, 0.3) is 5.91 Å². The molecule has 226 valence electrons. The number of aromatic nitrogens is 3. The van der Waals surface area contributed by atoms with E-state index in [2.05, 4.69) is 20.8 Å². The van der Waals surface area contributed by atoms with Crippen molar-refractivity contribution in [3.63, 3.8) is 0 Å². The number of halogens is 1. The van der Waals surface area contributed by atoms with Crippen molar-refractivity contribution in [2.75, 3.05) is 19.7 Å². The summed E-state index contributed by atoms with van der Waals surface area (Å²) in [6.45, 7) is 4.98. The molecular weight excluding hydrogens is 583 g/mol. The molecule has 1 aromatic heterocycles. The van der Waals surface area contributed by atoms with Crippen LogP contribution >= 0.6 is 11.6 Å². The van der Waals surface area contributed by atoms with Crippen LogP contribution in [0.1, 0.15) is 58.9 Å². The maximum Gasteiger partial charge on any atom is 0.488 e. The van der Waals surface area contributed by atoms with Crippen LogP contribution < -0.4 is 20.8 Å². The largest absolute Gasteiger partial charge is 0.494 e. The number of hydrogen-bond donors (Lipinski definition) is 4. The Hall–Kier alpha value is -4.52. The number of ether oxygens (including phenoxy) is 1. The molecule has 4 N–H and O–H groups in total. The van der Waals surface area contributed by atoms with E-state index in [1.807, 2.05) is 48.7 Å². The fourth-order valence-electron chi connectivity index (χ4n) is 4.96. The van der Waals surface area contributed by atoms with Gasteiger partial charge in [0.2, 0.25) is 5.91 Å². The van der Waals surface area contributed by atoms with Crippen molar-refractivity contribution < 1.29 is 24.4 Å². The average Bonchev–Trinajstić information content (AvgIpc) is 3.34. The Morgan fingerprint density at radius 3 is 2.48 bits per heavy atom. The summed E-state index contributed by atoms with van der Waals surface area (Å²) >= 11 is 6.19. The molecule has 0 bridgehead atoms. The average molecular weight is 615 g/mol. The highest BCUT2D eigenvalue weighted by Gasteiger charge is 2.30. The van der Waals surface area contributed by atoms with Gasteiger partial charge in [-0.2, -0.15) is 0 Å². The third kappa shape index (κ3) is 6.99. The van der Waals surface area contributed by atoms with E-state index in [0.717, 1.165) is 16.8 Å². The van der Waals surface area contributed by atoms with Crippen LogP contribution in [0.4, 0.5) is 0 Å². The van der Waals surface area contributed by atoms with Gasteiger partial charge in [-0.3, -0.25) is 19.1 Å². The Morgan fingerprint density at radius 1 is 1.02 bits per heavy atom. The first-order valence-corrected chi connectivity index (χ1v) is 14.7. The molecule has 0 radical (unpaired) electrons. The molecule has 1 aliphatic rings. The second kappa shape index (κ2) is 13.9. The summed E-state index contributed by atoms with van der Waals surface area (Å²) in [5.74, 6) is 1.46. The number of nitrogens with one attached hydrogen (secondary N) is 2. The highest BCUT2D eigenvalue weighted by molar-refractivity contribution is 6.58. The van der Waals surface area contributed by atoms with Gasteiger partial charge in [-0.05, 0) is 68.2 Å². The van der Waals surface area contributed by atoms with Gasteiger partial charge < -0.3 is 25.4 Å². The molecule has 0 saturated heterocycles. The molecule has 11 nitrogen and oxygen atoms in total. The molecular formula is C31H32BClN6O5. The number of nitrogens with zero attached hydrogens (tertiary/aromatic N) is 4. The van der Waals surface area contributed by atoms with E-state index in [4.69, 9.17) is 21.3 Å². The molecule has 0 spiro atoms. The molecule has 3 aromatic carbocycles. The van der Waals surface area contributed by atoms with E-state index in [1.165, 1.54) is 12.1 Å². The topological polar surface area (TPSA) is 151 Å². The maximum absolute atomic E-state index is 12.7. The molecule has 5 rings (SSSR count). The lowest BCUT2D eigenvalue weighted by Gasteiger charge is -2.15. The predicted octanol–water partition coefficient (Wildman–Crippen LogP) is 2.53. The first-order chi connectivity index (χ1) is 21.2. The number of hydrogen-bond acceptors (Lipinski definition) is 8. The van der Waals surface area contributed by atoms with E-state index in [0.29, 0.717) is 65.3 Å². The number of rotatable bonds is 11. The molecule has 0 saturated carbocycles. The van der Waals surface area contributed by atoms with Crippen molar-refractivity contribution in [1.29, 1.82) is 0 Å². The lowest BCUT2D eigenvalue weighted by molar-refractivity contribution is -0.121. The van der Waals surface area contributed by atoms with Crippen molar-refractivity contribution in [1.82, 2.24) is 25.4 Å². The van der Waals surface area contributed by atoms with E-state index in [1.54, 1.807) is 24.3 Å². The van der Waals surface area contributed by atoms with E-state index < -0.39 is 13.2 Å². The van der Waals surface area contributed by atoms with E-state index >= 15 is 0 Å². The Labute approximate surface area is 260 Å². The third-order valence-corrected chi connectivity index (χ3v) is 7.37. The van der Waals surface area contributed by atoms with Crippen LogP contribution in [0, 0.1) is 6.92 Å². The minimum absolute atomic E-state index is 0.111. The maximum atomic E-state index is 12.7. The first-order valence-electron chi connectivity index (χ1n) is 14.3. The Kier molecular flexibility index (Phi) is 9.74. The molecule has 2 heterocycles. The summed E-state index contributed by atoms with van der Waals surface area (Å²) in [6, 6.07) is 18.6. The fraction of sp³-hybridized carbons (Fsp3) is 0.258. The molecule has 1 atom stereocenters. The van der Waals surface area contributed by atoms with Crippen molar-refractivity contribution in [2.45, 2.75) is 32.7 Å². The zero-order valence-electron chi connectivity index (χ0n) is 24.3. The summed E-state index contributed by atoms with van der Waals surface area (Å²) < 4.78 is 8.01. The molecule has 13 heteroatoms. The number of aliphatic imine (C=N–C) groups is 1. The quantitative estimate of drug-likeness (QED) is 0.150. The summed E-state index contributed by atoms with van der Waals surface area (Å²) in [6.07, 6.45) is 0.664. The molecule has 1 unspecified atom stereocenters. The van der Waals surface area contributed by atoms with Crippen molar-refractivity contribution in [3.8, 4) is 11.4 Å². The van der Waals surface area contributed by atoms with Gasteiger partial charge in [0.15, 0.2) is 5.82 Å². The fourth-order valence-corrected chi connectivity index (χ4v) is 5.08. The zero-order valence-corrected chi connectivity index (χ0v) is 25.1. The second-order valence-corrected chi connectivity index (χ2v) is 10.7. The molecule has 4 aromatic rings. The first kappa shape index (κ1) is 30.9. The van der Waals surface area contributed by atoms with E-state index in [-0.39, 0.29) is 18.2 Å². The minimum Gasteiger partial charge on any atom is -0.494 e. The van der Waals surface area contributed by atoms with E-state index in [9.17, 15) is 19.6 Å². The SMILES string of the molecule is CCNC(=O)CC1N=C(c2ccc(Cl)cc2)c2cc(OCCCNC(=O)c3ccc(B(O)O)cc3)ccc2-n2c(C)nnc21. The number of amides is 2. The predicted molar refractivity (Wildman–Crippen MR) is 168 cm³/mol. The molecule has 0 aliphatic carbocycles. The Balaban J connectivity index is 1.35. The van der Waals surface area contributed by atoms with Crippen molar-refractivity contribution in [2.24, 2.45) is 4.99 Å². The van der Waals surface area contributed by atoms with Crippen molar-refractivity contribution >= 4 is 41.7 Å². The van der Waals surface area contributed by atoms with Gasteiger partial charge in [0.1, 0.15) is 17.6 Å². The van der Waals surface area contributed by atoms with Crippen LogP contribution in [0.15, 0.2) is 71.7 Å². The Morgan fingerprint density at radius 2 is 1.77 bits per heavy atom. The smallest absolute Gasteiger partial charge is 0.488 e. The normalized spacial score (nSPS) is 13.7. The van der Waals surface area contributed by atoms with Gasteiger partial charge in [0.05, 0.1) is 24.4 Å². The van der Waals surface area contributed by atoms with Gasteiger partial charge in [-0.25, -0.2) is 0 Å². The molecule has 1 aliphatic heterocycles. The molecule has 2 amide bonds. The van der Waals surface area contributed by atoms with Crippen LogP contribution in [0.3, 0.4) is 0 Å². The minimum atomic E-state index is -1.58. The standard InChI is InChI=1S/C31H32BClN6O5/c1-3-34-28(40)18-26-30-38-37-19(2)39(30)27-14-13-24(17-25(27)29(36-26)20-7-11-23(33)12-8-20)44-16-4-15-35-31(41)21-5-9-22(10-6-21)32(42)43/h5-14,17,26,42-43H,3-4,15-16,18H2,1-2H3,(H,34,40)(H,35,41). The lowest BCUT2D eigenvalue weighted by atomic mass is 9.80.